The standard InChI is InChI=1S/C62H86F3N11O8/c1-38(81-5)51-46(28-43(31-66-51)71-21-19-70(20-22-71)41-14-15-41)54-47-30-60(2,3)37-83-59(80)48-11-8-18-76(68-48)57(78)49(29-44-32-72(23-25-82-44)42-16-17-50(45(47)27-42)75(54)36-62(63,64)65)67-56(77)53(39-9-6-7-10-39)73-24-26-84-61(33-73)34-74(35-61)58(79)55-52(69(55)4)40-12-13-40/h16-17,27-28,31,38-41,44,48-49,52-53,55,68H,6-15,18-26,29-30,32-37H2,1-5H3,(H,67,77)/t38-,44-,48-,49-,52+,53-,55+,69?/m0/s1. The van der Waals surface area contributed by atoms with Crippen molar-refractivity contribution in [1.29, 1.82) is 0 Å². The second kappa shape index (κ2) is 22.9. The van der Waals surface area contributed by atoms with E-state index >= 15 is 22.8 Å². The number of hydrogen-bond donors (Lipinski definition) is 2. The van der Waals surface area contributed by atoms with Crippen molar-refractivity contribution in [2.24, 2.45) is 17.3 Å². The van der Waals surface area contributed by atoms with E-state index in [1.807, 2.05) is 57.1 Å². The first-order valence-electron chi connectivity index (χ1n) is 31.4. The van der Waals surface area contributed by atoms with Crippen LogP contribution in [0.4, 0.5) is 24.5 Å². The molecular formula is C62H86F3N11O8. The lowest BCUT2D eigenvalue weighted by Gasteiger charge is -2.55. The normalized spacial score (nSPS) is 29.8. The number of likely N-dealkylation sites (tertiary alicyclic amines) is 1. The highest BCUT2D eigenvalue weighted by molar-refractivity contribution is 5.95. The summed E-state index contributed by atoms with van der Waals surface area (Å²) in [5, 5.41) is 5.40. The Morgan fingerprint density at radius 1 is 0.905 bits per heavy atom. The molecule has 22 heteroatoms. The number of nitrogens with zero attached hydrogens (tertiary/aromatic N) is 9. The van der Waals surface area contributed by atoms with Gasteiger partial charge in [-0.25, -0.2) is 5.43 Å². The van der Waals surface area contributed by atoms with Gasteiger partial charge in [-0.15, -0.1) is 0 Å². The highest BCUT2D eigenvalue weighted by atomic mass is 19.4. The van der Waals surface area contributed by atoms with Crippen LogP contribution in [0.25, 0.3) is 22.2 Å². The highest BCUT2D eigenvalue weighted by Gasteiger charge is 2.61. The summed E-state index contributed by atoms with van der Waals surface area (Å²) < 4.78 is 72.3. The predicted octanol–water partition coefficient (Wildman–Crippen LogP) is 5.52. The lowest BCUT2D eigenvalue weighted by molar-refractivity contribution is -0.198. The number of alkyl halides is 3. The van der Waals surface area contributed by atoms with Crippen molar-refractivity contribution >= 4 is 46.0 Å². The molecule has 6 saturated heterocycles. The number of morpholine rings is 2. The van der Waals surface area contributed by atoms with Gasteiger partial charge in [-0.2, -0.15) is 13.2 Å². The molecule has 3 amide bonds. The van der Waals surface area contributed by atoms with Gasteiger partial charge in [-0.1, -0.05) is 26.7 Å². The molecule has 9 heterocycles. The summed E-state index contributed by atoms with van der Waals surface area (Å²) in [6, 6.07) is 6.10. The number of carbonyl (C=O) groups excluding carboxylic acids is 4. The maximum atomic E-state index is 15.3. The van der Waals surface area contributed by atoms with Crippen molar-refractivity contribution in [1.82, 2.24) is 44.9 Å². The number of cyclic esters (lactones) is 1. The van der Waals surface area contributed by atoms with Crippen LogP contribution in [-0.4, -0.2) is 218 Å². The summed E-state index contributed by atoms with van der Waals surface area (Å²) in [6.07, 6.45) is 5.94. The molecule has 3 aromatic rings. The number of likely N-dealkylation sites (N-methyl/N-ethyl adjacent to an activating group) is 1. The molecule has 6 bridgehead atoms. The van der Waals surface area contributed by atoms with Crippen LogP contribution in [0.1, 0.15) is 109 Å². The number of carbonyl (C=O) groups is 4. The fourth-order valence-corrected chi connectivity index (χ4v) is 15.5. The van der Waals surface area contributed by atoms with Crippen LogP contribution >= 0.6 is 0 Å². The topological polar surface area (TPSA) is 170 Å². The van der Waals surface area contributed by atoms with Gasteiger partial charge >= 0.3 is 12.1 Å². The maximum absolute atomic E-state index is 15.3. The van der Waals surface area contributed by atoms with Crippen LogP contribution in [0.3, 0.4) is 0 Å². The largest absolute Gasteiger partial charge is 0.464 e. The van der Waals surface area contributed by atoms with Crippen LogP contribution in [-0.2, 0) is 51.1 Å². The fourth-order valence-electron chi connectivity index (χ4n) is 15.5. The fraction of sp³-hybridized carbons (Fsp3) is 0.726. The number of piperazine rings is 1. The molecule has 1 unspecified atom stereocenters. The molecule has 2 N–H and O–H groups in total. The molecule has 8 atom stereocenters. The minimum atomic E-state index is -4.60. The van der Waals surface area contributed by atoms with Crippen molar-refractivity contribution in [2.45, 2.75) is 165 Å². The van der Waals surface area contributed by atoms with E-state index in [1.165, 1.54) is 35.3 Å². The molecule has 458 valence electrons. The van der Waals surface area contributed by atoms with E-state index in [0.717, 1.165) is 63.2 Å². The van der Waals surface area contributed by atoms with Crippen molar-refractivity contribution in [3.05, 3.63) is 41.7 Å². The zero-order valence-electron chi connectivity index (χ0n) is 49.7. The number of hydrogen-bond acceptors (Lipinski definition) is 15. The van der Waals surface area contributed by atoms with E-state index in [4.69, 9.17) is 23.9 Å². The summed E-state index contributed by atoms with van der Waals surface area (Å²) in [4.78, 5) is 76.9. The lowest BCUT2D eigenvalue weighted by atomic mass is 9.84. The number of anilines is 2. The van der Waals surface area contributed by atoms with Crippen LogP contribution in [0.5, 0.6) is 0 Å². The molecule has 0 radical (unpaired) electrons. The number of nitrogens with one attached hydrogen (secondary N) is 2. The Morgan fingerprint density at radius 3 is 2.40 bits per heavy atom. The highest BCUT2D eigenvalue weighted by Crippen LogP contribution is 2.48. The van der Waals surface area contributed by atoms with Gasteiger partial charge < -0.3 is 43.5 Å². The van der Waals surface area contributed by atoms with E-state index in [1.54, 1.807) is 13.2 Å². The second-order valence-corrected chi connectivity index (χ2v) is 27.1. The van der Waals surface area contributed by atoms with Crippen LogP contribution in [0.15, 0.2) is 30.5 Å². The van der Waals surface area contributed by atoms with Crippen molar-refractivity contribution in [3.8, 4) is 11.3 Å². The van der Waals surface area contributed by atoms with Crippen LogP contribution in [0.2, 0.25) is 0 Å². The van der Waals surface area contributed by atoms with E-state index < -0.39 is 60.0 Å². The first-order chi connectivity index (χ1) is 40.3. The summed E-state index contributed by atoms with van der Waals surface area (Å²) >= 11 is 0. The number of esters is 1. The number of hydrazine groups is 1. The van der Waals surface area contributed by atoms with Gasteiger partial charge in [-0.05, 0) is 113 Å². The number of methoxy groups -OCH3 is 1. The van der Waals surface area contributed by atoms with Gasteiger partial charge in [0.05, 0.1) is 74.4 Å². The molecule has 10 aliphatic rings. The number of rotatable bonds is 12. The van der Waals surface area contributed by atoms with Crippen molar-refractivity contribution in [3.63, 3.8) is 0 Å². The number of amides is 3. The lowest BCUT2D eigenvalue weighted by Crippen LogP contribution is -2.73. The molecule has 84 heavy (non-hydrogen) atoms. The average molecular weight is 1170 g/mol. The monoisotopic (exact) mass is 1170 g/mol. The SMILES string of the molecule is CO[C@@H](C)c1ncc(N2CCN(C3CC3)CC2)cc1-c1c2c3cc(ccc3n1CC(F)(F)F)N1CCO[C@@H](C[C@H](NC(=O)[C@H](C3CCCC3)N3CCOC4(CN(C(=O)[C@H]5[C@@H](C6CC6)N5C)C4)C3)C(=O)N3CCC[C@H](N3)C(=O)OCC(C)(C)C2)C1. The van der Waals surface area contributed by atoms with Gasteiger partial charge in [0, 0.05) is 112 Å². The van der Waals surface area contributed by atoms with E-state index in [-0.39, 0.29) is 49.1 Å². The number of fused-ring (bicyclic) bond motifs is 6. The van der Waals surface area contributed by atoms with Gasteiger partial charge in [-0.3, -0.25) is 43.9 Å². The third-order valence-corrected chi connectivity index (χ3v) is 20.3. The van der Waals surface area contributed by atoms with Crippen molar-refractivity contribution in [2.75, 3.05) is 116 Å². The molecule has 13 rings (SSSR count). The Labute approximate surface area is 491 Å². The Balaban J connectivity index is 0.825. The molecular weight excluding hydrogens is 1080 g/mol. The predicted molar refractivity (Wildman–Crippen MR) is 309 cm³/mol. The molecule has 2 aromatic heterocycles. The Bertz CT molecular complexity index is 2970. The van der Waals surface area contributed by atoms with E-state index in [0.29, 0.717) is 123 Å². The van der Waals surface area contributed by atoms with E-state index in [9.17, 15) is 9.59 Å². The van der Waals surface area contributed by atoms with Gasteiger partial charge in [0.25, 0.3) is 5.91 Å². The summed E-state index contributed by atoms with van der Waals surface area (Å²) in [7, 11) is 3.62. The summed E-state index contributed by atoms with van der Waals surface area (Å²) in [5.41, 5.74) is 6.01. The van der Waals surface area contributed by atoms with Gasteiger partial charge in [0.2, 0.25) is 11.8 Å². The molecule has 1 aromatic carbocycles. The Hall–Kier alpha value is -5.10. The zero-order chi connectivity index (χ0) is 58.4. The quantitative estimate of drug-likeness (QED) is 0.172. The number of aromatic nitrogens is 2. The minimum absolute atomic E-state index is 0.0545. The number of ether oxygens (including phenoxy) is 4. The van der Waals surface area contributed by atoms with Crippen LogP contribution in [0, 0.1) is 17.3 Å². The number of halogens is 3. The van der Waals surface area contributed by atoms with Gasteiger partial charge in [0.1, 0.15) is 30.3 Å². The second-order valence-electron chi connectivity index (χ2n) is 27.1. The van der Waals surface area contributed by atoms with Crippen LogP contribution < -0.4 is 20.5 Å². The first kappa shape index (κ1) is 57.9. The average Bonchev–Trinajstić information content (AvgIpc) is 2.20. The number of benzene rings is 1. The molecule has 19 nitrogen and oxygen atoms in total. The summed E-state index contributed by atoms with van der Waals surface area (Å²) in [6.45, 7) is 11.7. The number of pyridine rings is 1. The first-order valence-corrected chi connectivity index (χ1v) is 31.4. The molecule has 3 saturated carbocycles. The Kier molecular flexibility index (Phi) is 15.8. The minimum Gasteiger partial charge on any atom is -0.464 e. The maximum Gasteiger partial charge on any atom is 0.406 e. The molecule has 3 aliphatic carbocycles. The molecule has 9 fully saturated rings. The third-order valence-electron chi connectivity index (χ3n) is 20.3. The van der Waals surface area contributed by atoms with Gasteiger partial charge in [0.15, 0.2) is 0 Å². The Morgan fingerprint density at radius 2 is 1.68 bits per heavy atom. The smallest absolute Gasteiger partial charge is 0.406 e. The third kappa shape index (κ3) is 11.8. The zero-order valence-corrected chi connectivity index (χ0v) is 49.7. The van der Waals surface area contributed by atoms with E-state index in [2.05, 4.69) is 35.2 Å². The van der Waals surface area contributed by atoms with Crippen molar-refractivity contribution < 1.29 is 51.3 Å². The molecule has 1 spiro atoms. The molecule has 7 aliphatic heterocycles. The summed E-state index contributed by atoms with van der Waals surface area (Å²) in [5.74, 6) is -0.322.